The largest absolute Gasteiger partial charge is 0.466 e. The molecule has 13 heavy (non-hydrogen) atoms. The minimum Gasteiger partial charge on any atom is -0.466 e. The number of rotatable bonds is 3. The van der Waals surface area contributed by atoms with Crippen LogP contribution in [0.2, 0.25) is 0 Å². The van der Waals surface area contributed by atoms with Crippen LogP contribution in [0.4, 0.5) is 0 Å². The molecule has 4 nitrogen and oxygen atoms in total. The van der Waals surface area contributed by atoms with E-state index < -0.39 is 18.0 Å². The molecule has 0 aromatic carbocycles. The highest BCUT2D eigenvalue weighted by Crippen LogP contribution is 2.11. The summed E-state index contributed by atoms with van der Waals surface area (Å²) in [6, 6.07) is 0. The lowest BCUT2D eigenvalue weighted by Crippen LogP contribution is -2.21. The van der Waals surface area contributed by atoms with E-state index in [9.17, 15) is 9.59 Å². The summed E-state index contributed by atoms with van der Waals surface area (Å²) in [5.74, 6) is -0.907. The molecular weight excluding hydrogens is 287 g/mol. The molecule has 0 aliphatic rings. The van der Waals surface area contributed by atoms with Crippen molar-refractivity contribution in [1.82, 2.24) is 0 Å². The predicted octanol–water partition coefficient (Wildman–Crippen LogP) is 1.43. The maximum Gasteiger partial charge on any atom is 0.337 e. The molecule has 0 spiro atoms. The highest BCUT2D eigenvalue weighted by molar-refractivity contribution is 14.1. The van der Waals surface area contributed by atoms with Crippen molar-refractivity contribution < 1.29 is 19.1 Å². The van der Waals surface area contributed by atoms with Crippen molar-refractivity contribution in [3.05, 3.63) is 9.66 Å². The summed E-state index contributed by atoms with van der Waals surface area (Å²) in [4.78, 5) is 21.7. The summed E-state index contributed by atoms with van der Waals surface area (Å²) in [6.07, 6.45) is -0.568. The van der Waals surface area contributed by atoms with Crippen molar-refractivity contribution in [2.24, 2.45) is 0 Å². The Kier molecular flexibility index (Phi) is 5.68. The Balaban J connectivity index is 4.42. The van der Waals surface area contributed by atoms with Gasteiger partial charge in [-0.05, 0) is 11.0 Å². The van der Waals surface area contributed by atoms with Crippen molar-refractivity contribution in [1.29, 1.82) is 0 Å². The van der Waals surface area contributed by atoms with Gasteiger partial charge in [-0.1, -0.05) is 22.6 Å². The van der Waals surface area contributed by atoms with Crippen LogP contribution in [0.5, 0.6) is 0 Å². The lowest BCUT2D eigenvalue weighted by atomic mass is 10.2. The van der Waals surface area contributed by atoms with E-state index in [-0.39, 0.29) is 0 Å². The van der Waals surface area contributed by atoms with Gasteiger partial charge in [-0.25, -0.2) is 4.79 Å². The van der Waals surface area contributed by atoms with E-state index in [4.69, 9.17) is 4.74 Å². The summed E-state index contributed by atoms with van der Waals surface area (Å²) in [7, 11) is 1.28. The monoisotopic (exact) mass is 298 g/mol. The second kappa shape index (κ2) is 5.95. The van der Waals surface area contributed by atoms with Crippen LogP contribution in [0.1, 0.15) is 13.8 Å². The second-order valence-corrected chi connectivity index (χ2v) is 2.93. The number of hydrogen-bond donors (Lipinski definition) is 0. The van der Waals surface area contributed by atoms with Gasteiger partial charge in [-0.3, -0.25) is 4.79 Å². The van der Waals surface area contributed by atoms with Gasteiger partial charge in [0.15, 0.2) is 0 Å². The van der Waals surface area contributed by atoms with Crippen LogP contribution in [0.3, 0.4) is 0 Å². The zero-order valence-corrected chi connectivity index (χ0v) is 9.82. The van der Waals surface area contributed by atoms with E-state index >= 15 is 0 Å². The maximum absolute atomic E-state index is 11.1. The topological polar surface area (TPSA) is 52.6 Å². The minimum atomic E-state index is -0.568. The number of ether oxygens (including phenoxy) is 2. The summed E-state index contributed by atoms with van der Waals surface area (Å²) in [5.41, 5.74) is 0.332. The molecule has 0 bridgehead atoms. The van der Waals surface area contributed by atoms with Crippen molar-refractivity contribution in [3.63, 3.8) is 0 Å². The third-order valence-electron chi connectivity index (χ3n) is 1.32. The first-order valence-electron chi connectivity index (χ1n) is 3.58. The molecule has 0 aliphatic heterocycles. The van der Waals surface area contributed by atoms with Crippen LogP contribution in [0.25, 0.3) is 0 Å². The standard InChI is InChI=1S/C8H11IO4/c1-5(13-6(2)10)7(4-9)8(11)12-3/h4-5H,1-3H3/b7-4-. The second-order valence-electron chi connectivity index (χ2n) is 2.31. The van der Waals surface area contributed by atoms with Gasteiger partial charge in [0.25, 0.3) is 0 Å². The first-order valence-corrected chi connectivity index (χ1v) is 4.83. The molecule has 0 saturated heterocycles. The first kappa shape index (κ1) is 12.4. The lowest BCUT2D eigenvalue weighted by Gasteiger charge is -2.12. The highest BCUT2D eigenvalue weighted by atomic mass is 127. The number of hydrogen-bond acceptors (Lipinski definition) is 4. The molecule has 0 heterocycles. The summed E-state index contributed by atoms with van der Waals surface area (Å²) in [5, 5.41) is 0. The van der Waals surface area contributed by atoms with Gasteiger partial charge in [0.05, 0.1) is 12.7 Å². The van der Waals surface area contributed by atoms with Crippen LogP contribution in [0, 0.1) is 0 Å². The molecular formula is C8H11IO4. The Hall–Kier alpha value is -0.590. The van der Waals surface area contributed by atoms with E-state index in [0.717, 1.165) is 0 Å². The Morgan fingerprint density at radius 2 is 2.00 bits per heavy atom. The number of methoxy groups -OCH3 is 1. The van der Waals surface area contributed by atoms with Gasteiger partial charge >= 0.3 is 11.9 Å². The van der Waals surface area contributed by atoms with Crippen LogP contribution < -0.4 is 0 Å². The van der Waals surface area contributed by atoms with Gasteiger partial charge in [0.1, 0.15) is 6.10 Å². The molecule has 5 heteroatoms. The molecule has 0 radical (unpaired) electrons. The van der Waals surface area contributed by atoms with E-state index in [2.05, 4.69) is 4.74 Å². The van der Waals surface area contributed by atoms with Crippen molar-refractivity contribution in [2.45, 2.75) is 20.0 Å². The maximum atomic E-state index is 11.1. The Labute approximate surface area is 90.4 Å². The summed E-state index contributed by atoms with van der Waals surface area (Å²) < 4.78 is 10.9. The summed E-state index contributed by atoms with van der Waals surface area (Å²) >= 11 is 1.90. The van der Waals surface area contributed by atoms with Crippen molar-refractivity contribution in [2.75, 3.05) is 7.11 Å². The number of esters is 2. The van der Waals surface area contributed by atoms with Crippen molar-refractivity contribution in [3.8, 4) is 0 Å². The number of halogens is 1. The van der Waals surface area contributed by atoms with Gasteiger partial charge in [-0.15, -0.1) is 0 Å². The zero-order valence-electron chi connectivity index (χ0n) is 7.67. The molecule has 0 fully saturated rings. The number of carbonyl (C=O) groups is 2. The quantitative estimate of drug-likeness (QED) is 0.449. The molecule has 0 saturated carbocycles. The molecule has 1 unspecified atom stereocenters. The van der Waals surface area contributed by atoms with Crippen LogP contribution in [-0.2, 0) is 19.1 Å². The van der Waals surface area contributed by atoms with E-state index in [0.29, 0.717) is 5.57 Å². The Morgan fingerprint density at radius 1 is 1.46 bits per heavy atom. The lowest BCUT2D eigenvalue weighted by molar-refractivity contribution is -0.146. The molecule has 0 aliphatic carbocycles. The van der Waals surface area contributed by atoms with Crippen molar-refractivity contribution >= 4 is 34.5 Å². The molecule has 1 atom stereocenters. The fraction of sp³-hybridized carbons (Fsp3) is 0.500. The normalized spacial score (nSPS) is 13.4. The Bertz CT molecular complexity index is 234. The fourth-order valence-corrected chi connectivity index (χ4v) is 1.49. The third-order valence-corrected chi connectivity index (χ3v) is 1.99. The average Bonchev–Trinajstić information content (AvgIpc) is 2.03. The van der Waals surface area contributed by atoms with Crippen LogP contribution >= 0.6 is 22.6 Å². The van der Waals surface area contributed by atoms with E-state index in [1.54, 1.807) is 6.92 Å². The van der Waals surface area contributed by atoms with Crippen LogP contribution in [-0.4, -0.2) is 25.2 Å². The third kappa shape index (κ3) is 4.25. The van der Waals surface area contributed by atoms with E-state index in [1.807, 2.05) is 22.6 Å². The molecule has 0 aromatic heterocycles. The smallest absolute Gasteiger partial charge is 0.337 e. The molecule has 74 valence electrons. The van der Waals surface area contributed by atoms with Gasteiger partial charge < -0.3 is 9.47 Å². The SMILES string of the molecule is COC(=O)/C(=C\I)C(C)OC(C)=O. The molecule has 0 aromatic rings. The predicted molar refractivity (Wildman–Crippen MR) is 55.3 cm³/mol. The number of carbonyl (C=O) groups excluding carboxylic acids is 2. The molecule has 0 amide bonds. The van der Waals surface area contributed by atoms with Gasteiger partial charge in [0, 0.05) is 6.92 Å². The molecule has 0 rings (SSSR count). The van der Waals surface area contributed by atoms with Gasteiger partial charge in [-0.2, -0.15) is 0 Å². The fourth-order valence-electron chi connectivity index (χ4n) is 0.729. The average molecular weight is 298 g/mol. The summed E-state index contributed by atoms with van der Waals surface area (Å²) in [6.45, 7) is 2.90. The molecule has 0 N–H and O–H groups in total. The van der Waals surface area contributed by atoms with E-state index in [1.165, 1.54) is 18.1 Å². The minimum absolute atomic E-state index is 0.332. The highest BCUT2D eigenvalue weighted by Gasteiger charge is 2.19. The Morgan fingerprint density at radius 3 is 2.31 bits per heavy atom. The van der Waals surface area contributed by atoms with Crippen LogP contribution in [0.15, 0.2) is 9.66 Å². The van der Waals surface area contributed by atoms with Gasteiger partial charge in [0.2, 0.25) is 0 Å². The zero-order chi connectivity index (χ0) is 10.4. The first-order chi connectivity index (χ1) is 6.02.